The third-order valence-corrected chi connectivity index (χ3v) is 3.86. The van der Waals surface area contributed by atoms with Crippen LogP contribution in [0.3, 0.4) is 0 Å². The molecule has 0 unspecified atom stereocenters. The second-order valence-corrected chi connectivity index (χ2v) is 5.40. The number of thioether (sulfide) groups is 1. The van der Waals surface area contributed by atoms with E-state index in [-0.39, 0.29) is 0 Å². The molecule has 82 valence electrons. The first-order chi connectivity index (χ1) is 7.29. The Balaban J connectivity index is 1.93. The summed E-state index contributed by atoms with van der Waals surface area (Å²) in [5.41, 5.74) is 0. The first kappa shape index (κ1) is 10.8. The van der Waals surface area contributed by atoms with E-state index in [0.717, 1.165) is 17.6 Å². The van der Waals surface area contributed by atoms with Gasteiger partial charge in [0.25, 0.3) is 0 Å². The summed E-state index contributed by atoms with van der Waals surface area (Å²) >= 11 is 2.87. The molecule has 1 fully saturated rings. The number of esters is 1. The molecule has 2 heterocycles. The lowest BCUT2D eigenvalue weighted by Crippen LogP contribution is -2.29. The van der Waals surface area contributed by atoms with Crippen molar-refractivity contribution in [1.29, 1.82) is 0 Å². The van der Waals surface area contributed by atoms with Gasteiger partial charge < -0.3 is 9.47 Å². The highest BCUT2D eigenvalue weighted by Crippen LogP contribution is 2.30. The van der Waals surface area contributed by atoms with E-state index < -0.39 is 5.97 Å². The Bertz CT molecular complexity index is 351. The first-order valence-corrected chi connectivity index (χ1v) is 6.24. The molecule has 0 aromatic carbocycles. The minimum absolute atomic E-state index is 0.319. The highest BCUT2D eigenvalue weighted by atomic mass is 32.2. The summed E-state index contributed by atoms with van der Waals surface area (Å²) < 4.78 is 10.7. The normalized spacial score (nSPS) is 16.1. The molecule has 0 aliphatic carbocycles. The van der Waals surface area contributed by atoms with Crippen LogP contribution in [0.15, 0.2) is 4.34 Å². The summed E-state index contributed by atoms with van der Waals surface area (Å²) in [7, 11) is 0. The maximum Gasteiger partial charge on any atom is 0.369 e. The zero-order valence-electron chi connectivity index (χ0n) is 8.13. The summed E-state index contributed by atoms with van der Waals surface area (Å²) in [5, 5.41) is 8.47. The van der Waals surface area contributed by atoms with E-state index in [1.165, 1.54) is 11.3 Å². The van der Waals surface area contributed by atoms with Crippen molar-refractivity contribution in [2.75, 3.05) is 19.8 Å². The van der Waals surface area contributed by atoms with E-state index in [0.29, 0.717) is 16.9 Å². The van der Waals surface area contributed by atoms with Crippen molar-refractivity contribution in [3.05, 3.63) is 5.01 Å². The van der Waals surface area contributed by atoms with E-state index in [2.05, 4.69) is 10.2 Å². The fourth-order valence-electron chi connectivity index (χ4n) is 0.957. The van der Waals surface area contributed by atoms with Crippen molar-refractivity contribution >= 4 is 29.1 Å². The SMILES string of the molecule is CCOC(=O)c1nnc(SC2COC2)s1. The molecule has 1 saturated heterocycles. The lowest BCUT2D eigenvalue weighted by atomic mass is 10.4. The molecule has 0 atom stereocenters. The van der Waals surface area contributed by atoms with Gasteiger partial charge in [-0.1, -0.05) is 23.1 Å². The second kappa shape index (κ2) is 4.91. The third-order valence-electron chi connectivity index (χ3n) is 1.73. The number of hydrogen-bond donors (Lipinski definition) is 0. The zero-order valence-corrected chi connectivity index (χ0v) is 9.77. The monoisotopic (exact) mass is 246 g/mol. The molecule has 2 rings (SSSR count). The molecular weight excluding hydrogens is 236 g/mol. The Morgan fingerprint density at radius 1 is 1.67 bits per heavy atom. The van der Waals surface area contributed by atoms with Crippen molar-refractivity contribution < 1.29 is 14.3 Å². The third kappa shape index (κ3) is 2.67. The van der Waals surface area contributed by atoms with E-state index in [1.807, 2.05) is 0 Å². The Morgan fingerprint density at radius 3 is 3.07 bits per heavy atom. The van der Waals surface area contributed by atoms with Crippen LogP contribution >= 0.6 is 23.1 Å². The highest BCUT2D eigenvalue weighted by molar-refractivity contribution is 8.01. The van der Waals surface area contributed by atoms with E-state index >= 15 is 0 Å². The van der Waals surface area contributed by atoms with Crippen LogP contribution in [0, 0.1) is 0 Å². The van der Waals surface area contributed by atoms with Crippen LogP contribution in [-0.2, 0) is 9.47 Å². The van der Waals surface area contributed by atoms with Gasteiger partial charge in [0.1, 0.15) is 0 Å². The molecule has 0 saturated carbocycles. The van der Waals surface area contributed by atoms with Crippen LogP contribution in [0.2, 0.25) is 0 Å². The van der Waals surface area contributed by atoms with Gasteiger partial charge in [0.2, 0.25) is 5.01 Å². The van der Waals surface area contributed by atoms with Crippen LogP contribution < -0.4 is 0 Å². The molecule has 0 N–H and O–H groups in total. The summed E-state index contributed by atoms with van der Waals surface area (Å²) in [5.74, 6) is -0.397. The molecular formula is C8H10N2O3S2. The van der Waals surface area contributed by atoms with Gasteiger partial charge in [0.05, 0.1) is 25.1 Å². The number of ether oxygens (including phenoxy) is 2. The van der Waals surface area contributed by atoms with Gasteiger partial charge in [-0.2, -0.15) is 0 Å². The Morgan fingerprint density at radius 2 is 2.47 bits per heavy atom. The van der Waals surface area contributed by atoms with Crippen LogP contribution in [-0.4, -0.2) is 41.2 Å². The fourth-order valence-corrected chi connectivity index (χ4v) is 2.97. The average molecular weight is 246 g/mol. The molecule has 1 aromatic heterocycles. The second-order valence-electron chi connectivity index (χ2n) is 2.87. The highest BCUT2D eigenvalue weighted by Gasteiger charge is 2.22. The maximum absolute atomic E-state index is 11.3. The summed E-state index contributed by atoms with van der Waals surface area (Å²) in [6.45, 7) is 3.62. The number of nitrogens with zero attached hydrogens (tertiary/aromatic N) is 2. The quantitative estimate of drug-likeness (QED) is 0.744. The largest absolute Gasteiger partial charge is 0.461 e. The van der Waals surface area contributed by atoms with Crippen molar-refractivity contribution in [3.63, 3.8) is 0 Å². The molecule has 1 aromatic rings. The van der Waals surface area contributed by atoms with Crippen molar-refractivity contribution in [2.45, 2.75) is 16.5 Å². The van der Waals surface area contributed by atoms with Gasteiger partial charge in [0.15, 0.2) is 4.34 Å². The number of rotatable bonds is 4. The van der Waals surface area contributed by atoms with E-state index in [9.17, 15) is 4.79 Å². The van der Waals surface area contributed by atoms with Crippen molar-refractivity contribution in [1.82, 2.24) is 10.2 Å². The molecule has 7 heteroatoms. The molecule has 0 bridgehead atoms. The molecule has 0 spiro atoms. The predicted octanol–water partition coefficient (Wildman–Crippen LogP) is 1.21. The lowest BCUT2D eigenvalue weighted by molar-refractivity contribution is 0.0455. The molecule has 1 aliphatic heterocycles. The molecule has 1 aliphatic rings. The Hall–Kier alpha value is -0.660. The van der Waals surface area contributed by atoms with Crippen molar-refractivity contribution in [2.24, 2.45) is 0 Å². The van der Waals surface area contributed by atoms with Crippen LogP contribution in [0.25, 0.3) is 0 Å². The van der Waals surface area contributed by atoms with Gasteiger partial charge in [-0.3, -0.25) is 0 Å². The Labute approximate surface area is 95.2 Å². The van der Waals surface area contributed by atoms with E-state index in [4.69, 9.17) is 9.47 Å². The number of carbonyl (C=O) groups excluding carboxylic acids is 1. The molecule has 0 radical (unpaired) electrons. The van der Waals surface area contributed by atoms with Crippen LogP contribution in [0.4, 0.5) is 0 Å². The summed E-state index contributed by atoms with van der Waals surface area (Å²) in [6, 6.07) is 0. The Kier molecular flexibility index (Phi) is 3.55. The van der Waals surface area contributed by atoms with Crippen LogP contribution in [0.5, 0.6) is 0 Å². The molecule has 15 heavy (non-hydrogen) atoms. The number of hydrogen-bond acceptors (Lipinski definition) is 7. The first-order valence-electron chi connectivity index (χ1n) is 4.54. The minimum Gasteiger partial charge on any atom is -0.461 e. The van der Waals surface area contributed by atoms with Gasteiger partial charge in [-0.05, 0) is 6.92 Å². The van der Waals surface area contributed by atoms with E-state index in [1.54, 1.807) is 18.7 Å². The van der Waals surface area contributed by atoms with Gasteiger partial charge in [-0.15, -0.1) is 10.2 Å². The zero-order chi connectivity index (χ0) is 10.7. The number of aromatic nitrogens is 2. The minimum atomic E-state index is -0.397. The van der Waals surface area contributed by atoms with Gasteiger partial charge >= 0.3 is 5.97 Å². The summed E-state index contributed by atoms with van der Waals surface area (Å²) in [4.78, 5) is 11.3. The maximum atomic E-state index is 11.3. The topological polar surface area (TPSA) is 61.3 Å². The smallest absolute Gasteiger partial charge is 0.369 e. The van der Waals surface area contributed by atoms with Gasteiger partial charge in [0, 0.05) is 0 Å². The molecule has 5 nitrogen and oxygen atoms in total. The predicted molar refractivity (Wildman–Crippen MR) is 56.3 cm³/mol. The van der Waals surface area contributed by atoms with Gasteiger partial charge in [-0.25, -0.2) is 4.79 Å². The lowest BCUT2D eigenvalue weighted by Gasteiger charge is -2.23. The van der Waals surface area contributed by atoms with Crippen LogP contribution in [0.1, 0.15) is 16.7 Å². The summed E-state index contributed by atoms with van der Waals surface area (Å²) in [6.07, 6.45) is 0. The van der Waals surface area contributed by atoms with Crippen molar-refractivity contribution in [3.8, 4) is 0 Å². The molecule has 0 amide bonds. The standard InChI is InChI=1S/C8H10N2O3S2/c1-2-13-7(11)6-9-10-8(15-6)14-5-3-12-4-5/h5H,2-4H2,1H3. The number of carbonyl (C=O) groups is 1. The fraction of sp³-hybridized carbons (Fsp3) is 0.625. The average Bonchev–Trinajstić information content (AvgIpc) is 2.60.